The van der Waals surface area contributed by atoms with E-state index in [1.807, 2.05) is 48.5 Å². The van der Waals surface area contributed by atoms with E-state index >= 15 is 0 Å². The maximum atomic E-state index is 12.3. The highest BCUT2D eigenvalue weighted by Crippen LogP contribution is 2.28. The van der Waals surface area contributed by atoms with Crippen LogP contribution in [0.3, 0.4) is 0 Å². The van der Waals surface area contributed by atoms with Crippen molar-refractivity contribution >= 4 is 40.4 Å². The molecule has 0 saturated carbocycles. The molecule has 5 rings (SSSR count). The molecule has 0 spiro atoms. The lowest BCUT2D eigenvalue weighted by molar-refractivity contribution is -0.111. The summed E-state index contributed by atoms with van der Waals surface area (Å²) in [6.45, 7) is 0. The minimum Gasteiger partial charge on any atom is -0.436 e. The first-order valence-corrected chi connectivity index (χ1v) is 10.8. The summed E-state index contributed by atoms with van der Waals surface area (Å²) in [7, 11) is 0. The van der Waals surface area contributed by atoms with Crippen LogP contribution in [0.1, 0.15) is 5.56 Å². The predicted molar refractivity (Wildman–Crippen MR) is 134 cm³/mol. The van der Waals surface area contributed by atoms with Crippen molar-refractivity contribution in [3.8, 4) is 22.6 Å². The Balaban J connectivity index is 1.31. The Morgan fingerprint density at radius 2 is 1.52 bits per heavy atom. The average molecular weight is 451 g/mol. The summed E-state index contributed by atoms with van der Waals surface area (Å²) in [5.74, 6) is 0.306. The molecule has 0 saturated heterocycles. The number of carbonyl (C=O) groups is 1. The van der Waals surface area contributed by atoms with Gasteiger partial charge in [-0.3, -0.25) is 4.79 Å². The molecule has 5 aromatic rings. The number of hydrogen-bond acceptors (Lipinski definition) is 3. The fourth-order valence-corrected chi connectivity index (χ4v) is 3.62. The molecule has 4 aromatic carbocycles. The summed E-state index contributed by atoms with van der Waals surface area (Å²) in [5, 5.41) is 3.51. The van der Waals surface area contributed by atoms with Crippen molar-refractivity contribution in [3.63, 3.8) is 0 Å². The third kappa shape index (κ3) is 4.86. The minimum absolute atomic E-state index is 0.232. The van der Waals surface area contributed by atoms with Crippen molar-refractivity contribution in [2.75, 3.05) is 5.32 Å². The van der Waals surface area contributed by atoms with Crippen LogP contribution in [0.2, 0.25) is 5.02 Å². The van der Waals surface area contributed by atoms with Crippen LogP contribution in [0.25, 0.3) is 39.8 Å². The first-order valence-electron chi connectivity index (χ1n) is 10.5. The average Bonchev–Trinajstić information content (AvgIpc) is 3.28. The number of oxazole rings is 1. The third-order valence-electron chi connectivity index (χ3n) is 5.19. The number of fused-ring (bicyclic) bond motifs is 1. The molecule has 1 N–H and O–H groups in total. The summed E-state index contributed by atoms with van der Waals surface area (Å²) in [6.07, 6.45) is 3.22. The minimum atomic E-state index is -0.232. The lowest BCUT2D eigenvalue weighted by atomic mass is 10.0. The smallest absolute Gasteiger partial charge is 0.248 e. The van der Waals surface area contributed by atoms with Gasteiger partial charge in [0.15, 0.2) is 5.58 Å². The number of benzene rings is 4. The van der Waals surface area contributed by atoms with E-state index in [0.29, 0.717) is 27.7 Å². The molecule has 1 amide bonds. The van der Waals surface area contributed by atoms with Crippen molar-refractivity contribution in [2.45, 2.75) is 0 Å². The lowest BCUT2D eigenvalue weighted by Gasteiger charge is -2.02. The zero-order valence-corrected chi connectivity index (χ0v) is 18.3. The van der Waals surface area contributed by atoms with Gasteiger partial charge in [0.05, 0.1) is 0 Å². The van der Waals surface area contributed by atoms with E-state index in [0.717, 1.165) is 22.3 Å². The second kappa shape index (κ2) is 9.15. The molecule has 4 nitrogen and oxygen atoms in total. The first-order chi connectivity index (χ1) is 16.1. The Morgan fingerprint density at radius 3 is 2.27 bits per heavy atom. The molecule has 1 heterocycles. The third-order valence-corrected chi connectivity index (χ3v) is 5.44. The topological polar surface area (TPSA) is 55.1 Å². The van der Waals surface area contributed by atoms with Crippen LogP contribution in [0.5, 0.6) is 0 Å². The normalized spacial score (nSPS) is 11.2. The molecule has 0 aliphatic carbocycles. The molecular formula is C28H19ClN2O2. The van der Waals surface area contributed by atoms with E-state index in [1.54, 1.807) is 30.3 Å². The van der Waals surface area contributed by atoms with Crippen LogP contribution in [0, 0.1) is 0 Å². The van der Waals surface area contributed by atoms with E-state index < -0.39 is 0 Å². The SMILES string of the molecule is O=C(/C=C/c1ccc(Cl)cc1)Nc1ccc2oc(-c3ccc(-c4ccccc4)cc3)nc2c1. The van der Waals surface area contributed by atoms with Gasteiger partial charge in [0.2, 0.25) is 11.8 Å². The van der Waals surface area contributed by atoms with Gasteiger partial charge in [0.25, 0.3) is 0 Å². The van der Waals surface area contributed by atoms with Gasteiger partial charge in [0, 0.05) is 22.3 Å². The van der Waals surface area contributed by atoms with Crippen LogP contribution in [-0.2, 0) is 4.79 Å². The molecule has 5 heteroatoms. The summed E-state index contributed by atoms with van der Waals surface area (Å²) in [5.41, 5.74) is 6.06. The van der Waals surface area contributed by atoms with Gasteiger partial charge in [-0.05, 0) is 65.2 Å². The van der Waals surface area contributed by atoms with E-state index in [1.165, 1.54) is 6.08 Å². The fourth-order valence-electron chi connectivity index (χ4n) is 3.49. The van der Waals surface area contributed by atoms with Crippen molar-refractivity contribution in [1.82, 2.24) is 4.98 Å². The van der Waals surface area contributed by atoms with E-state index in [4.69, 9.17) is 16.0 Å². The Kier molecular flexibility index (Phi) is 5.75. The number of amides is 1. The summed E-state index contributed by atoms with van der Waals surface area (Å²) < 4.78 is 5.93. The molecule has 0 radical (unpaired) electrons. The molecule has 0 aliphatic heterocycles. The van der Waals surface area contributed by atoms with Gasteiger partial charge < -0.3 is 9.73 Å². The lowest BCUT2D eigenvalue weighted by Crippen LogP contribution is -2.07. The molecule has 160 valence electrons. The van der Waals surface area contributed by atoms with Gasteiger partial charge in [-0.15, -0.1) is 0 Å². The molecule has 0 fully saturated rings. The molecule has 0 unspecified atom stereocenters. The predicted octanol–water partition coefficient (Wildman–Crippen LogP) is 7.47. The number of rotatable bonds is 5. The number of aromatic nitrogens is 1. The number of anilines is 1. The highest BCUT2D eigenvalue weighted by Gasteiger charge is 2.10. The number of halogens is 1. The summed E-state index contributed by atoms with van der Waals surface area (Å²) in [6, 6.07) is 31.0. The second-order valence-corrected chi connectivity index (χ2v) is 7.96. The number of carbonyl (C=O) groups excluding carboxylic acids is 1. The number of nitrogens with zero attached hydrogens (tertiary/aromatic N) is 1. The van der Waals surface area contributed by atoms with Crippen LogP contribution >= 0.6 is 11.6 Å². The Morgan fingerprint density at radius 1 is 0.818 bits per heavy atom. The fraction of sp³-hybridized carbons (Fsp3) is 0. The highest BCUT2D eigenvalue weighted by atomic mass is 35.5. The van der Waals surface area contributed by atoms with Crippen LogP contribution in [0.15, 0.2) is 108 Å². The first kappa shape index (κ1) is 20.7. The van der Waals surface area contributed by atoms with E-state index in [2.05, 4.69) is 34.6 Å². The zero-order chi connectivity index (χ0) is 22.6. The Hall–Kier alpha value is -4.15. The molecular weight excluding hydrogens is 432 g/mol. The van der Waals surface area contributed by atoms with Gasteiger partial charge >= 0.3 is 0 Å². The summed E-state index contributed by atoms with van der Waals surface area (Å²) >= 11 is 5.89. The standard InChI is InChI=1S/C28H19ClN2O2/c29-23-13-6-19(7-14-23)8-17-27(32)30-24-15-16-26-25(18-24)31-28(33-26)22-11-9-21(10-12-22)20-4-2-1-3-5-20/h1-18H,(H,30,32)/b17-8+. The van der Waals surface area contributed by atoms with Crippen molar-refractivity contribution < 1.29 is 9.21 Å². The Bertz CT molecular complexity index is 1440. The molecule has 1 aromatic heterocycles. The summed E-state index contributed by atoms with van der Waals surface area (Å²) in [4.78, 5) is 16.9. The van der Waals surface area contributed by atoms with E-state index in [-0.39, 0.29) is 5.91 Å². The van der Waals surface area contributed by atoms with Crippen LogP contribution in [0.4, 0.5) is 5.69 Å². The van der Waals surface area contributed by atoms with Crippen LogP contribution < -0.4 is 5.32 Å². The van der Waals surface area contributed by atoms with E-state index in [9.17, 15) is 4.79 Å². The molecule has 0 bridgehead atoms. The Labute approximate surface area is 196 Å². The van der Waals surface area contributed by atoms with Gasteiger partial charge in [-0.25, -0.2) is 4.98 Å². The molecule has 33 heavy (non-hydrogen) atoms. The van der Waals surface area contributed by atoms with Crippen LogP contribution in [-0.4, -0.2) is 10.9 Å². The maximum absolute atomic E-state index is 12.3. The molecule has 0 aliphatic rings. The van der Waals surface area contributed by atoms with Crippen molar-refractivity contribution in [2.24, 2.45) is 0 Å². The van der Waals surface area contributed by atoms with Gasteiger partial charge in [0.1, 0.15) is 5.52 Å². The van der Waals surface area contributed by atoms with Crippen molar-refractivity contribution in [1.29, 1.82) is 0 Å². The zero-order valence-electron chi connectivity index (χ0n) is 17.5. The van der Waals surface area contributed by atoms with Gasteiger partial charge in [-0.2, -0.15) is 0 Å². The number of nitrogens with one attached hydrogen (secondary N) is 1. The maximum Gasteiger partial charge on any atom is 0.248 e. The molecule has 0 atom stereocenters. The monoisotopic (exact) mass is 450 g/mol. The second-order valence-electron chi connectivity index (χ2n) is 7.52. The van der Waals surface area contributed by atoms with Gasteiger partial charge in [-0.1, -0.05) is 66.2 Å². The highest BCUT2D eigenvalue weighted by molar-refractivity contribution is 6.30. The number of hydrogen-bond donors (Lipinski definition) is 1. The quantitative estimate of drug-likeness (QED) is 0.282. The van der Waals surface area contributed by atoms with Crippen molar-refractivity contribution in [3.05, 3.63) is 114 Å². The largest absolute Gasteiger partial charge is 0.436 e.